The number of amides is 1. The minimum atomic E-state index is -0.184. The maximum Gasteiger partial charge on any atom is 0.236 e. The second-order valence-corrected chi connectivity index (χ2v) is 8.45. The molecule has 1 aliphatic heterocycles. The summed E-state index contributed by atoms with van der Waals surface area (Å²) >= 11 is 0. The molecular formula is C22H34FN3O. The molecule has 2 fully saturated rings. The Morgan fingerprint density at radius 1 is 1.04 bits per heavy atom. The van der Waals surface area contributed by atoms with Crippen LogP contribution in [0.25, 0.3) is 0 Å². The Bertz CT molecular complexity index is 598. The van der Waals surface area contributed by atoms with E-state index in [9.17, 15) is 9.18 Å². The van der Waals surface area contributed by atoms with E-state index in [0.29, 0.717) is 12.6 Å². The van der Waals surface area contributed by atoms with Crippen LogP contribution in [0.3, 0.4) is 0 Å². The SMILES string of the molecule is CC1CCC(N(C)C(=O)CN2CCCN(Cc3ccc(F)cc3)CC2)CC1. The van der Waals surface area contributed by atoms with Crippen LogP contribution in [0.15, 0.2) is 24.3 Å². The lowest BCUT2D eigenvalue weighted by Crippen LogP contribution is -2.45. The van der Waals surface area contributed by atoms with E-state index in [0.717, 1.165) is 63.5 Å². The normalized spacial score (nSPS) is 25.1. The summed E-state index contributed by atoms with van der Waals surface area (Å²) in [6.45, 7) is 7.57. The van der Waals surface area contributed by atoms with Gasteiger partial charge in [-0.1, -0.05) is 19.1 Å². The molecule has 4 nitrogen and oxygen atoms in total. The summed E-state index contributed by atoms with van der Waals surface area (Å²) in [5.74, 6) is 0.889. The Kier molecular flexibility index (Phi) is 7.25. The van der Waals surface area contributed by atoms with Gasteiger partial charge in [-0.2, -0.15) is 0 Å². The first-order chi connectivity index (χ1) is 13.0. The monoisotopic (exact) mass is 375 g/mol. The molecule has 0 N–H and O–H groups in total. The van der Waals surface area contributed by atoms with Crippen molar-refractivity contribution in [1.82, 2.24) is 14.7 Å². The molecule has 1 saturated heterocycles. The molecule has 1 aromatic rings. The van der Waals surface area contributed by atoms with Gasteiger partial charge >= 0.3 is 0 Å². The average Bonchev–Trinajstić information content (AvgIpc) is 2.89. The average molecular weight is 376 g/mol. The molecule has 0 atom stereocenters. The second-order valence-electron chi connectivity index (χ2n) is 8.45. The highest BCUT2D eigenvalue weighted by atomic mass is 19.1. The summed E-state index contributed by atoms with van der Waals surface area (Å²) in [4.78, 5) is 19.5. The lowest BCUT2D eigenvalue weighted by molar-refractivity contribution is -0.133. The van der Waals surface area contributed by atoms with Gasteiger partial charge < -0.3 is 4.90 Å². The molecule has 0 spiro atoms. The van der Waals surface area contributed by atoms with E-state index in [-0.39, 0.29) is 11.7 Å². The van der Waals surface area contributed by atoms with E-state index >= 15 is 0 Å². The van der Waals surface area contributed by atoms with Crippen molar-refractivity contribution in [2.45, 2.75) is 51.6 Å². The number of benzene rings is 1. The third-order valence-electron chi connectivity index (χ3n) is 6.29. The molecule has 3 rings (SSSR count). The van der Waals surface area contributed by atoms with Crippen LogP contribution in [-0.2, 0) is 11.3 Å². The molecule has 5 heteroatoms. The molecule has 0 bridgehead atoms. The van der Waals surface area contributed by atoms with Gasteiger partial charge in [-0.05, 0) is 68.8 Å². The summed E-state index contributed by atoms with van der Waals surface area (Å²) in [6.07, 6.45) is 5.84. The molecule has 27 heavy (non-hydrogen) atoms. The molecule has 0 unspecified atom stereocenters. The van der Waals surface area contributed by atoms with Gasteiger partial charge in [0.1, 0.15) is 5.82 Å². The summed E-state index contributed by atoms with van der Waals surface area (Å²) in [5, 5.41) is 0. The quantitative estimate of drug-likeness (QED) is 0.789. The zero-order chi connectivity index (χ0) is 19.2. The van der Waals surface area contributed by atoms with Crippen LogP contribution in [0.5, 0.6) is 0 Å². The van der Waals surface area contributed by atoms with Crippen LogP contribution in [0, 0.1) is 11.7 Å². The molecule has 1 heterocycles. The first kappa shape index (κ1) is 20.3. The van der Waals surface area contributed by atoms with Crippen LogP contribution < -0.4 is 0 Å². The number of carbonyl (C=O) groups is 1. The van der Waals surface area contributed by atoms with Gasteiger partial charge in [-0.15, -0.1) is 0 Å². The molecule has 1 aromatic carbocycles. The van der Waals surface area contributed by atoms with Gasteiger partial charge in [0.25, 0.3) is 0 Å². The van der Waals surface area contributed by atoms with Gasteiger partial charge in [0.05, 0.1) is 6.54 Å². The van der Waals surface area contributed by atoms with Crippen molar-refractivity contribution in [3.63, 3.8) is 0 Å². The van der Waals surface area contributed by atoms with Crippen molar-refractivity contribution >= 4 is 5.91 Å². The highest BCUT2D eigenvalue weighted by molar-refractivity contribution is 5.78. The fourth-order valence-corrected chi connectivity index (χ4v) is 4.32. The summed E-state index contributed by atoms with van der Waals surface area (Å²) in [6, 6.07) is 7.21. The van der Waals surface area contributed by atoms with Crippen molar-refractivity contribution in [3.8, 4) is 0 Å². The van der Waals surface area contributed by atoms with Crippen molar-refractivity contribution in [2.75, 3.05) is 39.8 Å². The van der Waals surface area contributed by atoms with Gasteiger partial charge in [0, 0.05) is 32.7 Å². The van der Waals surface area contributed by atoms with E-state index in [2.05, 4.69) is 16.7 Å². The Morgan fingerprint density at radius 2 is 1.67 bits per heavy atom. The lowest BCUT2D eigenvalue weighted by atomic mass is 9.87. The number of rotatable bonds is 5. The van der Waals surface area contributed by atoms with E-state index in [1.807, 2.05) is 24.1 Å². The maximum atomic E-state index is 13.1. The summed E-state index contributed by atoms with van der Waals surface area (Å²) in [7, 11) is 1.99. The first-order valence-corrected chi connectivity index (χ1v) is 10.5. The topological polar surface area (TPSA) is 26.8 Å². The summed E-state index contributed by atoms with van der Waals surface area (Å²) in [5.41, 5.74) is 1.15. The Hall–Kier alpha value is -1.46. The van der Waals surface area contributed by atoms with Gasteiger partial charge in [0.2, 0.25) is 5.91 Å². The minimum absolute atomic E-state index is 0.184. The maximum absolute atomic E-state index is 13.1. The zero-order valence-corrected chi connectivity index (χ0v) is 16.9. The molecule has 1 aliphatic carbocycles. The van der Waals surface area contributed by atoms with Crippen LogP contribution in [-0.4, -0.2) is 66.4 Å². The van der Waals surface area contributed by atoms with E-state index < -0.39 is 0 Å². The van der Waals surface area contributed by atoms with E-state index in [1.165, 1.54) is 25.0 Å². The number of hydrogen-bond acceptors (Lipinski definition) is 3. The number of hydrogen-bond donors (Lipinski definition) is 0. The van der Waals surface area contributed by atoms with Crippen LogP contribution in [0.2, 0.25) is 0 Å². The summed E-state index contributed by atoms with van der Waals surface area (Å²) < 4.78 is 13.1. The van der Waals surface area contributed by atoms with Crippen molar-refractivity contribution in [2.24, 2.45) is 5.92 Å². The largest absolute Gasteiger partial charge is 0.342 e. The first-order valence-electron chi connectivity index (χ1n) is 10.5. The highest BCUT2D eigenvalue weighted by Crippen LogP contribution is 2.26. The van der Waals surface area contributed by atoms with E-state index in [4.69, 9.17) is 0 Å². The zero-order valence-electron chi connectivity index (χ0n) is 16.9. The van der Waals surface area contributed by atoms with Crippen molar-refractivity contribution in [3.05, 3.63) is 35.6 Å². The number of halogens is 1. The molecular weight excluding hydrogens is 341 g/mol. The van der Waals surface area contributed by atoms with Crippen molar-refractivity contribution < 1.29 is 9.18 Å². The molecule has 0 aromatic heterocycles. The Labute approximate surface area is 163 Å². The van der Waals surface area contributed by atoms with E-state index in [1.54, 1.807) is 0 Å². The lowest BCUT2D eigenvalue weighted by Gasteiger charge is -2.34. The number of nitrogens with zero attached hydrogens (tertiary/aromatic N) is 3. The third-order valence-corrected chi connectivity index (χ3v) is 6.29. The van der Waals surface area contributed by atoms with Crippen LogP contribution in [0.1, 0.15) is 44.6 Å². The van der Waals surface area contributed by atoms with Crippen LogP contribution in [0.4, 0.5) is 4.39 Å². The predicted octanol–water partition coefficient (Wildman–Crippen LogP) is 3.37. The smallest absolute Gasteiger partial charge is 0.236 e. The second kappa shape index (κ2) is 9.65. The van der Waals surface area contributed by atoms with Gasteiger partial charge in [0.15, 0.2) is 0 Å². The van der Waals surface area contributed by atoms with Crippen molar-refractivity contribution in [1.29, 1.82) is 0 Å². The fraction of sp³-hybridized carbons (Fsp3) is 0.682. The van der Waals surface area contributed by atoms with Gasteiger partial charge in [-0.25, -0.2) is 4.39 Å². The predicted molar refractivity (Wildman–Crippen MR) is 107 cm³/mol. The Balaban J connectivity index is 1.44. The molecule has 0 radical (unpaired) electrons. The Morgan fingerprint density at radius 3 is 2.37 bits per heavy atom. The molecule has 1 saturated carbocycles. The minimum Gasteiger partial charge on any atom is -0.342 e. The highest BCUT2D eigenvalue weighted by Gasteiger charge is 2.26. The standard InChI is InChI=1S/C22H34FN3O/c1-18-4-10-21(11-5-18)24(2)22(27)17-26-13-3-12-25(14-15-26)16-19-6-8-20(23)9-7-19/h6-9,18,21H,3-5,10-17H2,1-2H3. The van der Waals surface area contributed by atoms with Gasteiger partial charge in [-0.3, -0.25) is 14.6 Å². The van der Waals surface area contributed by atoms with Crippen LogP contribution >= 0.6 is 0 Å². The molecule has 1 amide bonds. The number of carbonyl (C=O) groups excluding carboxylic acids is 1. The number of likely N-dealkylation sites (N-methyl/N-ethyl adjacent to an activating group) is 1. The molecule has 150 valence electrons. The fourth-order valence-electron chi connectivity index (χ4n) is 4.32. The third kappa shape index (κ3) is 6.01. The molecule has 2 aliphatic rings.